The maximum absolute atomic E-state index is 12.9. The number of esters is 3. The Morgan fingerprint density at radius 2 is 0.506 bits per heavy atom. The van der Waals surface area contributed by atoms with Crippen molar-refractivity contribution in [3.05, 3.63) is 72.9 Å². The van der Waals surface area contributed by atoms with Gasteiger partial charge in [0.25, 0.3) is 0 Å². The molecule has 0 saturated carbocycles. The third-order valence-corrected chi connectivity index (χ3v) is 14.7. The standard InChI is InChI=1S/C71H126O6/c1-4-7-10-13-16-19-22-25-28-30-32-34-35-37-38-40-43-46-49-52-55-58-61-64-70(73)76-67-68(66-75-69(72)63-60-57-54-51-48-45-42-27-24-21-18-15-12-9-6-3)77-71(74)65-62-59-56-53-50-47-44-41-39-36-33-31-29-26-23-20-17-14-11-8-5-2/h8,11,17,20,26-27,29,33,36,41-42,44,68H,4-7,9-10,12-16,18-19,21-25,28,30-32,34-35,37-40,43,45-67H2,1-3H3/b11-8-,20-17-,29-26-,36-33-,42-27-,44-41-. The van der Waals surface area contributed by atoms with Crippen LogP contribution < -0.4 is 0 Å². The number of carbonyl (C=O) groups is 3. The highest BCUT2D eigenvalue weighted by atomic mass is 16.6. The van der Waals surface area contributed by atoms with Crippen LogP contribution in [0.3, 0.4) is 0 Å². The maximum Gasteiger partial charge on any atom is 0.306 e. The highest BCUT2D eigenvalue weighted by Gasteiger charge is 2.19. The molecule has 0 radical (unpaired) electrons. The lowest BCUT2D eigenvalue weighted by Gasteiger charge is -2.18. The molecule has 0 bridgehead atoms. The minimum atomic E-state index is -0.789. The van der Waals surface area contributed by atoms with Crippen molar-refractivity contribution in [3.8, 4) is 0 Å². The second-order valence-electron chi connectivity index (χ2n) is 22.4. The molecule has 77 heavy (non-hydrogen) atoms. The molecule has 0 aliphatic carbocycles. The summed E-state index contributed by atoms with van der Waals surface area (Å²) in [4.78, 5) is 38.4. The Balaban J connectivity index is 4.36. The van der Waals surface area contributed by atoms with Crippen molar-refractivity contribution in [2.75, 3.05) is 13.2 Å². The van der Waals surface area contributed by atoms with E-state index in [-0.39, 0.29) is 31.1 Å². The summed E-state index contributed by atoms with van der Waals surface area (Å²) in [5.41, 5.74) is 0. The first-order valence-corrected chi connectivity index (χ1v) is 33.4. The number of hydrogen-bond donors (Lipinski definition) is 0. The van der Waals surface area contributed by atoms with E-state index in [0.717, 1.165) is 116 Å². The molecule has 6 nitrogen and oxygen atoms in total. The molecule has 6 heteroatoms. The second kappa shape index (κ2) is 65.4. The minimum absolute atomic E-state index is 0.0829. The molecule has 0 saturated heterocycles. The Kier molecular flexibility index (Phi) is 62.7. The molecule has 1 atom stereocenters. The number of ether oxygens (including phenoxy) is 3. The van der Waals surface area contributed by atoms with Crippen molar-refractivity contribution in [1.29, 1.82) is 0 Å². The smallest absolute Gasteiger partial charge is 0.306 e. The lowest BCUT2D eigenvalue weighted by Crippen LogP contribution is -2.30. The third-order valence-electron chi connectivity index (χ3n) is 14.7. The minimum Gasteiger partial charge on any atom is -0.462 e. The molecule has 0 fully saturated rings. The van der Waals surface area contributed by atoms with Crippen LogP contribution in [0, 0.1) is 0 Å². The first-order valence-electron chi connectivity index (χ1n) is 33.4. The largest absolute Gasteiger partial charge is 0.462 e. The first-order chi connectivity index (χ1) is 38.0. The molecule has 0 aliphatic heterocycles. The van der Waals surface area contributed by atoms with Crippen molar-refractivity contribution in [1.82, 2.24) is 0 Å². The Bertz CT molecular complexity index is 1420. The molecule has 446 valence electrons. The van der Waals surface area contributed by atoms with Gasteiger partial charge in [0, 0.05) is 19.3 Å². The summed E-state index contributed by atoms with van der Waals surface area (Å²) >= 11 is 0. The van der Waals surface area contributed by atoms with Crippen LogP contribution in [0.5, 0.6) is 0 Å². The van der Waals surface area contributed by atoms with Crippen LogP contribution in [-0.4, -0.2) is 37.2 Å². The summed E-state index contributed by atoms with van der Waals surface area (Å²) in [6.07, 6.45) is 84.9. The lowest BCUT2D eigenvalue weighted by molar-refractivity contribution is -0.167. The molecule has 0 amide bonds. The first kappa shape index (κ1) is 73.8. The average Bonchev–Trinajstić information content (AvgIpc) is 3.43. The topological polar surface area (TPSA) is 78.9 Å². The van der Waals surface area contributed by atoms with Gasteiger partial charge in [-0.05, 0) is 89.9 Å². The van der Waals surface area contributed by atoms with Gasteiger partial charge in [-0.1, -0.05) is 306 Å². The predicted octanol–water partition coefficient (Wildman–Crippen LogP) is 22.9. The Labute approximate surface area is 478 Å². The number of allylic oxidation sites excluding steroid dienone is 12. The van der Waals surface area contributed by atoms with E-state index in [1.54, 1.807) is 0 Å². The highest BCUT2D eigenvalue weighted by Crippen LogP contribution is 2.17. The number of hydrogen-bond acceptors (Lipinski definition) is 6. The van der Waals surface area contributed by atoms with Crippen molar-refractivity contribution in [2.24, 2.45) is 0 Å². The predicted molar refractivity (Wildman–Crippen MR) is 335 cm³/mol. The molecule has 0 aromatic rings. The molecule has 0 aromatic heterocycles. The van der Waals surface area contributed by atoms with Gasteiger partial charge in [0.05, 0.1) is 0 Å². The van der Waals surface area contributed by atoms with E-state index in [4.69, 9.17) is 14.2 Å². The molecule has 0 aromatic carbocycles. The molecular formula is C71H126O6. The molecule has 1 unspecified atom stereocenters. The lowest BCUT2D eigenvalue weighted by atomic mass is 10.0. The van der Waals surface area contributed by atoms with Crippen molar-refractivity contribution >= 4 is 17.9 Å². The average molecular weight is 1080 g/mol. The molecular weight excluding hydrogens is 949 g/mol. The van der Waals surface area contributed by atoms with Gasteiger partial charge < -0.3 is 14.2 Å². The monoisotopic (exact) mass is 1070 g/mol. The summed E-state index contributed by atoms with van der Waals surface area (Å²) in [5, 5.41) is 0. The van der Waals surface area contributed by atoms with Gasteiger partial charge in [0.2, 0.25) is 0 Å². The molecule has 0 aliphatic rings. The zero-order valence-electron chi connectivity index (χ0n) is 51.2. The summed E-state index contributed by atoms with van der Waals surface area (Å²) in [6.45, 7) is 6.55. The fourth-order valence-electron chi connectivity index (χ4n) is 9.70. The summed E-state index contributed by atoms with van der Waals surface area (Å²) < 4.78 is 16.9. The van der Waals surface area contributed by atoms with Crippen LogP contribution in [0.4, 0.5) is 0 Å². The Hall–Kier alpha value is -3.15. The Morgan fingerprint density at radius 3 is 0.805 bits per heavy atom. The van der Waals surface area contributed by atoms with Crippen molar-refractivity contribution in [3.63, 3.8) is 0 Å². The van der Waals surface area contributed by atoms with Crippen LogP contribution in [0.2, 0.25) is 0 Å². The zero-order valence-corrected chi connectivity index (χ0v) is 51.2. The van der Waals surface area contributed by atoms with Crippen LogP contribution in [0.1, 0.15) is 342 Å². The highest BCUT2D eigenvalue weighted by molar-refractivity contribution is 5.71. The van der Waals surface area contributed by atoms with E-state index >= 15 is 0 Å². The fraction of sp³-hybridized carbons (Fsp3) is 0.789. The van der Waals surface area contributed by atoms with Crippen LogP contribution in [-0.2, 0) is 28.6 Å². The van der Waals surface area contributed by atoms with Gasteiger partial charge in [-0.2, -0.15) is 0 Å². The van der Waals surface area contributed by atoms with Crippen LogP contribution in [0.25, 0.3) is 0 Å². The SMILES string of the molecule is CC/C=C\C/C=C\C/C=C\C/C=C\C/C=C\CCCCCCCC(=O)OC(COC(=O)CCCCCCC/C=C\CCCCCCCC)COC(=O)CCCCCCCCCCCCCCCCCCCCCCCCC. The van der Waals surface area contributed by atoms with Crippen LogP contribution in [0.15, 0.2) is 72.9 Å². The summed E-state index contributed by atoms with van der Waals surface area (Å²) in [5.74, 6) is -0.892. The van der Waals surface area contributed by atoms with E-state index in [1.807, 2.05) is 0 Å². The van der Waals surface area contributed by atoms with Gasteiger partial charge in [-0.15, -0.1) is 0 Å². The quantitative estimate of drug-likeness (QED) is 0.0261. The molecule has 0 rings (SSSR count). The van der Waals surface area contributed by atoms with E-state index < -0.39 is 6.10 Å². The van der Waals surface area contributed by atoms with E-state index in [9.17, 15) is 14.4 Å². The molecule has 0 N–H and O–H groups in total. The number of unbranched alkanes of at least 4 members (excludes halogenated alkanes) is 38. The number of rotatable bonds is 61. The third kappa shape index (κ3) is 63.6. The zero-order chi connectivity index (χ0) is 55.7. The van der Waals surface area contributed by atoms with Gasteiger partial charge in [0.15, 0.2) is 6.10 Å². The van der Waals surface area contributed by atoms with E-state index in [1.165, 1.54) is 186 Å². The van der Waals surface area contributed by atoms with Crippen molar-refractivity contribution in [2.45, 2.75) is 348 Å². The van der Waals surface area contributed by atoms with E-state index in [2.05, 4.69) is 93.7 Å². The second-order valence-corrected chi connectivity index (χ2v) is 22.4. The van der Waals surface area contributed by atoms with Gasteiger partial charge in [-0.3, -0.25) is 14.4 Å². The van der Waals surface area contributed by atoms with Gasteiger partial charge in [-0.25, -0.2) is 0 Å². The molecule has 0 heterocycles. The van der Waals surface area contributed by atoms with Gasteiger partial charge in [0.1, 0.15) is 13.2 Å². The van der Waals surface area contributed by atoms with Crippen LogP contribution >= 0.6 is 0 Å². The number of carbonyl (C=O) groups excluding carboxylic acids is 3. The van der Waals surface area contributed by atoms with Crippen molar-refractivity contribution < 1.29 is 28.6 Å². The maximum atomic E-state index is 12.9. The molecule has 0 spiro atoms. The Morgan fingerprint density at radius 1 is 0.273 bits per heavy atom. The summed E-state index contributed by atoms with van der Waals surface area (Å²) in [7, 11) is 0. The summed E-state index contributed by atoms with van der Waals surface area (Å²) in [6, 6.07) is 0. The van der Waals surface area contributed by atoms with Gasteiger partial charge >= 0.3 is 17.9 Å². The van der Waals surface area contributed by atoms with E-state index in [0.29, 0.717) is 19.3 Å². The fourth-order valence-corrected chi connectivity index (χ4v) is 9.70. The normalized spacial score (nSPS) is 12.5.